The summed E-state index contributed by atoms with van der Waals surface area (Å²) in [7, 11) is 2.68. The summed E-state index contributed by atoms with van der Waals surface area (Å²) in [5.41, 5.74) is 0.296. The Hall–Kier alpha value is -1.13. The van der Waals surface area contributed by atoms with Crippen molar-refractivity contribution >= 4 is 9.24 Å². The summed E-state index contributed by atoms with van der Waals surface area (Å²) < 4.78 is 19.2. The van der Waals surface area contributed by atoms with Gasteiger partial charge < -0.3 is 4.74 Å². The molecule has 176 valence electrons. The topological polar surface area (TPSA) is 33.0 Å². The second kappa shape index (κ2) is 19.5. The van der Waals surface area contributed by atoms with E-state index in [1.807, 2.05) is 6.07 Å². The molecule has 0 saturated carbocycles. The first kappa shape index (κ1) is 27.9. The quantitative estimate of drug-likeness (QED) is 0.147. The molecule has 1 rings (SSSR count). The van der Waals surface area contributed by atoms with E-state index in [9.17, 15) is 4.39 Å². The van der Waals surface area contributed by atoms with Gasteiger partial charge in [-0.25, -0.2) is 4.39 Å². The Morgan fingerprint density at radius 2 is 1.23 bits per heavy atom. The Morgan fingerprint density at radius 1 is 0.774 bits per heavy atom. The van der Waals surface area contributed by atoms with Crippen LogP contribution in [0.3, 0.4) is 0 Å². The monoisotopic (exact) mass is 449 g/mol. The number of halogens is 1. The van der Waals surface area contributed by atoms with Crippen LogP contribution in [-0.2, 0) is 0 Å². The summed E-state index contributed by atoms with van der Waals surface area (Å²) in [4.78, 5) is 0. The van der Waals surface area contributed by atoms with Crippen molar-refractivity contribution in [1.29, 1.82) is 5.26 Å². The van der Waals surface area contributed by atoms with Crippen LogP contribution in [0.4, 0.5) is 4.39 Å². The molecule has 2 unspecified atom stereocenters. The van der Waals surface area contributed by atoms with Crippen molar-refractivity contribution in [2.45, 2.75) is 128 Å². The Kier molecular flexibility index (Phi) is 17.6. The summed E-state index contributed by atoms with van der Waals surface area (Å²) in [5.74, 6) is -0.0303. The molecule has 0 fully saturated rings. The van der Waals surface area contributed by atoms with Crippen molar-refractivity contribution < 1.29 is 9.13 Å². The normalized spacial score (nSPS) is 11.9. The number of rotatable bonds is 20. The van der Waals surface area contributed by atoms with Gasteiger partial charge in [-0.3, -0.25) is 0 Å². The largest absolute Gasteiger partial charge is 0.486 e. The van der Waals surface area contributed by atoms with Crippen LogP contribution >= 0.6 is 9.24 Å². The Morgan fingerprint density at radius 3 is 1.68 bits per heavy atom. The van der Waals surface area contributed by atoms with Gasteiger partial charge >= 0.3 is 0 Å². The van der Waals surface area contributed by atoms with E-state index in [0.717, 1.165) is 12.8 Å². The summed E-state index contributed by atoms with van der Waals surface area (Å²) in [6.07, 6.45) is 24.2. The van der Waals surface area contributed by atoms with Crippen molar-refractivity contribution in [1.82, 2.24) is 0 Å². The number of hydrogen-bond donors (Lipinski definition) is 0. The summed E-state index contributed by atoms with van der Waals surface area (Å²) >= 11 is 0. The zero-order valence-corrected chi connectivity index (χ0v) is 21.0. The average Bonchev–Trinajstić information content (AvgIpc) is 2.75. The minimum Gasteiger partial charge on any atom is -0.486 e. The number of benzene rings is 1. The first-order valence-corrected chi connectivity index (χ1v) is 13.4. The standard InChI is InChI=1S/C27H45FNOP/c1-2-3-4-5-6-7-8-9-10-11-12-13-14-15-16-17-18-19-27(31)30-26-21-24(23-29)20-25(28)22-26/h20-22,27H,2-19,31H2,1H3. The van der Waals surface area contributed by atoms with Crippen molar-refractivity contribution in [2.24, 2.45) is 0 Å². The highest BCUT2D eigenvalue weighted by atomic mass is 31.0. The fourth-order valence-corrected chi connectivity index (χ4v) is 4.39. The summed E-state index contributed by atoms with van der Waals surface area (Å²) in [6, 6.07) is 6.11. The second-order valence-electron chi connectivity index (χ2n) is 8.89. The van der Waals surface area contributed by atoms with E-state index in [1.165, 1.54) is 115 Å². The molecule has 0 aliphatic carbocycles. The highest BCUT2D eigenvalue weighted by Gasteiger charge is 2.07. The maximum Gasteiger partial charge on any atom is 0.128 e. The van der Waals surface area contributed by atoms with E-state index in [0.29, 0.717) is 11.3 Å². The van der Waals surface area contributed by atoms with Crippen LogP contribution in [0.25, 0.3) is 0 Å². The highest BCUT2D eigenvalue weighted by molar-refractivity contribution is 7.17. The molecule has 0 bridgehead atoms. The molecule has 0 saturated heterocycles. The van der Waals surface area contributed by atoms with Crippen LogP contribution in [0.2, 0.25) is 0 Å². The van der Waals surface area contributed by atoms with Crippen LogP contribution in [0.5, 0.6) is 5.75 Å². The lowest BCUT2D eigenvalue weighted by Crippen LogP contribution is -2.08. The van der Waals surface area contributed by atoms with Gasteiger partial charge in [-0.15, -0.1) is 0 Å². The van der Waals surface area contributed by atoms with Crippen LogP contribution in [-0.4, -0.2) is 5.85 Å². The smallest absolute Gasteiger partial charge is 0.128 e. The molecule has 31 heavy (non-hydrogen) atoms. The van der Waals surface area contributed by atoms with Gasteiger partial charge in [-0.05, 0) is 25.0 Å². The number of unbranched alkanes of at least 4 members (excludes halogenated alkanes) is 16. The van der Waals surface area contributed by atoms with Gasteiger partial charge in [0.2, 0.25) is 0 Å². The molecular weight excluding hydrogens is 404 g/mol. The van der Waals surface area contributed by atoms with Gasteiger partial charge in [0.1, 0.15) is 17.4 Å². The number of nitrogens with zero attached hydrogens (tertiary/aromatic N) is 1. The lowest BCUT2D eigenvalue weighted by Gasteiger charge is -2.14. The number of nitriles is 1. The maximum absolute atomic E-state index is 13.4. The van der Waals surface area contributed by atoms with Gasteiger partial charge in [0.15, 0.2) is 0 Å². The third kappa shape index (κ3) is 16.2. The fraction of sp³-hybridized carbons (Fsp3) is 0.741. The number of ether oxygens (including phenoxy) is 1. The van der Waals surface area contributed by atoms with Crippen LogP contribution < -0.4 is 4.74 Å². The van der Waals surface area contributed by atoms with Gasteiger partial charge in [-0.1, -0.05) is 119 Å². The third-order valence-electron chi connectivity index (χ3n) is 5.88. The van der Waals surface area contributed by atoms with Gasteiger partial charge in [0.05, 0.1) is 11.6 Å². The molecule has 0 heterocycles. The van der Waals surface area contributed by atoms with Crippen LogP contribution in [0.15, 0.2) is 18.2 Å². The molecule has 0 N–H and O–H groups in total. The molecule has 0 amide bonds. The molecule has 2 nitrogen and oxygen atoms in total. The van der Waals surface area contributed by atoms with E-state index in [2.05, 4.69) is 16.2 Å². The van der Waals surface area contributed by atoms with Crippen molar-refractivity contribution in [2.75, 3.05) is 0 Å². The van der Waals surface area contributed by atoms with Crippen molar-refractivity contribution in [3.8, 4) is 11.8 Å². The lowest BCUT2D eigenvalue weighted by molar-refractivity contribution is 0.269. The van der Waals surface area contributed by atoms with Gasteiger partial charge in [0, 0.05) is 6.07 Å². The van der Waals surface area contributed by atoms with Gasteiger partial charge in [0.25, 0.3) is 0 Å². The van der Waals surface area contributed by atoms with Gasteiger partial charge in [-0.2, -0.15) is 5.26 Å². The van der Waals surface area contributed by atoms with Crippen molar-refractivity contribution in [3.05, 3.63) is 29.6 Å². The molecule has 0 aliphatic rings. The minimum atomic E-state index is -0.427. The molecule has 4 heteroatoms. The first-order valence-electron chi connectivity index (χ1n) is 12.8. The van der Waals surface area contributed by atoms with Crippen molar-refractivity contribution in [3.63, 3.8) is 0 Å². The minimum absolute atomic E-state index is 0.0373. The molecule has 0 aliphatic heterocycles. The Bertz CT molecular complexity index is 601. The third-order valence-corrected chi connectivity index (χ3v) is 6.35. The molecule has 0 radical (unpaired) electrons. The van der Waals surface area contributed by atoms with E-state index in [4.69, 9.17) is 10.00 Å². The van der Waals surface area contributed by atoms with E-state index in [-0.39, 0.29) is 5.85 Å². The maximum atomic E-state index is 13.4. The lowest BCUT2D eigenvalue weighted by atomic mass is 10.0. The molecule has 0 spiro atoms. The predicted molar refractivity (Wildman–Crippen MR) is 134 cm³/mol. The molecule has 1 aromatic rings. The van der Waals surface area contributed by atoms with E-state index >= 15 is 0 Å². The van der Waals surface area contributed by atoms with E-state index in [1.54, 1.807) is 6.07 Å². The molecular formula is C27H45FNOP. The SMILES string of the molecule is CCCCCCCCCCCCCCCCCCCC(P)Oc1cc(F)cc(C#N)c1. The Labute approximate surface area is 193 Å². The zero-order valence-electron chi connectivity index (χ0n) is 19.8. The Balaban J connectivity index is 1.86. The molecule has 1 aromatic carbocycles. The summed E-state index contributed by atoms with van der Waals surface area (Å²) in [6.45, 7) is 2.28. The second-order valence-corrected chi connectivity index (χ2v) is 9.63. The fourth-order valence-electron chi connectivity index (χ4n) is 4.00. The van der Waals surface area contributed by atoms with Crippen LogP contribution in [0, 0.1) is 17.1 Å². The predicted octanol–water partition coefficient (Wildman–Crippen LogP) is 9.32. The zero-order chi connectivity index (χ0) is 22.6. The average molecular weight is 450 g/mol. The molecule has 2 atom stereocenters. The van der Waals surface area contributed by atoms with E-state index < -0.39 is 5.82 Å². The molecule has 0 aromatic heterocycles. The van der Waals surface area contributed by atoms with Crippen LogP contribution in [0.1, 0.15) is 128 Å². The highest BCUT2D eigenvalue weighted by Crippen LogP contribution is 2.22. The summed E-state index contributed by atoms with van der Waals surface area (Å²) in [5, 5.41) is 8.91. The first-order chi connectivity index (χ1) is 15.2. The number of hydrogen-bond acceptors (Lipinski definition) is 2.